The molecule has 4 rings (SSSR count). The maximum absolute atomic E-state index is 12.5. The summed E-state index contributed by atoms with van der Waals surface area (Å²) in [6.45, 7) is 1.52. The van der Waals surface area contributed by atoms with Gasteiger partial charge in [-0.15, -0.1) is 13.2 Å². The van der Waals surface area contributed by atoms with Crippen molar-refractivity contribution in [3.8, 4) is 17.2 Å². The second-order valence-electron chi connectivity index (χ2n) is 7.58. The molecule has 178 valence electrons. The molecule has 0 saturated carbocycles. The lowest BCUT2D eigenvalue weighted by Crippen LogP contribution is -2.46. The number of hydrogen-bond donors (Lipinski definition) is 2. The Bertz CT molecular complexity index is 1110. The van der Waals surface area contributed by atoms with Gasteiger partial charge in [-0.2, -0.15) is 0 Å². The van der Waals surface area contributed by atoms with Crippen LogP contribution in [-0.2, 0) is 0 Å². The molecule has 2 aromatic heterocycles. The third-order valence-electron chi connectivity index (χ3n) is 5.07. The Morgan fingerprint density at radius 1 is 1.00 bits per heavy atom. The Balaban J connectivity index is 1.31. The minimum Gasteiger partial charge on any atom is -0.457 e. The van der Waals surface area contributed by atoms with Gasteiger partial charge in [0.1, 0.15) is 23.1 Å². The SMILES string of the molecule is FC(F)(F)Oc1cccc(Oc2ccnc(N3CCC(NC(=S)Nc4cccnc4)CC3)c2)c1. The molecule has 1 saturated heterocycles. The van der Waals surface area contributed by atoms with Crippen LogP contribution in [0.5, 0.6) is 17.2 Å². The summed E-state index contributed by atoms with van der Waals surface area (Å²) < 4.78 is 47.1. The Morgan fingerprint density at radius 2 is 1.76 bits per heavy atom. The van der Waals surface area contributed by atoms with Gasteiger partial charge in [-0.05, 0) is 55.4 Å². The summed E-state index contributed by atoms with van der Waals surface area (Å²) in [5, 5.41) is 7.01. The highest BCUT2D eigenvalue weighted by Gasteiger charge is 2.31. The first kappa shape index (κ1) is 23.6. The number of anilines is 2. The second-order valence-corrected chi connectivity index (χ2v) is 7.98. The molecule has 0 spiro atoms. The van der Waals surface area contributed by atoms with Crippen LogP contribution in [0.3, 0.4) is 0 Å². The number of thiocarbonyl (C=S) groups is 1. The Hall–Kier alpha value is -3.60. The molecule has 1 fully saturated rings. The number of rotatable bonds is 6. The van der Waals surface area contributed by atoms with Crippen molar-refractivity contribution in [2.45, 2.75) is 25.2 Å². The normalized spacial score (nSPS) is 14.4. The summed E-state index contributed by atoms with van der Waals surface area (Å²) in [4.78, 5) is 10.6. The predicted molar refractivity (Wildman–Crippen MR) is 126 cm³/mol. The highest BCUT2D eigenvalue weighted by atomic mass is 32.1. The van der Waals surface area contributed by atoms with Gasteiger partial charge in [0.05, 0.1) is 11.9 Å². The summed E-state index contributed by atoms with van der Waals surface area (Å²) >= 11 is 5.39. The molecule has 0 radical (unpaired) electrons. The average Bonchev–Trinajstić information content (AvgIpc) is 2.79. The zero-order chi connectivity index (χ0) is 24.0. The van der Waals surface area contributed by atoms with Crippen LogP contribution in [0.2, 0.25) is 0 Å². The van der Waals surface area contributed by atoms with Crippen molar-refractivity contribution in [2.24, 2.45) is 0 Å². The third kappa shape index (κ3) is 6.95. The quantitative estimate of drug-likeness (QED) is 0.462. The lowest BCUT2D eigenvalue weighted by molar-refractivity contribution is -0.274. The number of nitrogens with zero attached hydrogens (tertiary/aromatic N) is 3. The Kier molecular flexibility index (Phi) is 7.31. The van der Waals surface area contributed by atoms with E-state index in [9.17, 15) is 13.2 Å². The maximum atomic E-state index is 12.5. The summed E-state index contributed by atoms with van der Waals surface area (Å²) in [6, 6.07) is 12.8. The van der Waals surface area contributed by atoms with Crippen LogP contribution in [0.25, 0.3) is 0 Å². The molecule has 1 aliphatic rings. The zero-order valence-corrected chi connectivity index (χ0v) is 18.8. The van der Waals surface area contributed by atoms with E-state index >= 15 is 0 Å². The van der Waals surface area contributed by atoms with Gasteiger partial charge in [0.25, 0.3) is 0 Å². The minimum atomic E-state index is -4.76. The lowest BCUT2D eigenvalue weighted by atomic mass is 10.1. The van der Waals surface area contributed by atoms with E-state index in [4.69, 9.17) is 17.0 Å². The van der Waals surface area contributed by atoms with Gasteiger partial charge in [-0.3, -0.25) is 4.98 Å². The van der Waals surface area contributed by atoms with Gasteiger partial charge in [0, 0.05) is 43.7 Å². The molecule has 34 heavy (non-hydrogen) atoms. The molecule has 11 heteroatoms. The molecule has 0 bridgehead atoms. The van der Waals surface area contributed by atoms with Crippen molar-refractivity contribution < 1.29 is 22.6 Å². The smallest absolute Gasteiger partial charge is 0.457 e. The van der Waals surface area contributed by atoms with Crippen molar-refractivity contribution in [1.29, 1.82) is 0 Å². The van der Waals surface area contributed by atoms with E-state index in [1.165, 1.54) is 18.2 Å². The highest BCUT2D eigenvalue weighted by Crippen LogP contribution is 2.30. The maximum Gasteiger partial charge on any atom is 0.573 e. The number of aromatic nitrogens is 2. The molecule has 2 N–H and O–H groups in total. The first-order valence-electron chi connectivity index (χ1n) is 10.6. The average molecular weight is 490 g/mol. The number of piperidine rings is 1. The van der Waals surface area contributed by atoms with Crippen LogP contribution in [0.1, 0.15) is 12.8 Å². The van der Waals surface area contributed by atoms with Gasteiger partial charge < -0.3 is 25.0 Å². The van der Waals surface area contributed by atoms with E-state index in [2.05, 4.69) is 30.2 Å². The number of nitrogens with one attached hydrogen (secondary N) is 2. The number of ether oxygens (including phenoxy) is 2. The van der Waals surface area contributed by atoms with Crippen LogP contribution >= 0.6 is 12.2 Å². The van der Waals surface area contributed by atoms with Crippen molar-refractivity contribution in [3.63, 3.8) is 0 Å². The third-order valence-corrected chi connectivity index (χ3v) is 5.29. The van der Waals surface area contributed by atoms with Crippen LogP contribution in [0.15, 0.2) is 67.1 Å². The Labute approximate surface area is 199 Å². The molecule has 0 aliphatic carbocycles. The topological polar surface area (TPSA) is 71.5 Å². The fourth-order valence-corrected chi connectivity index (χ4v) is 3.83. The molecule has 0 unspecified atom stereocenters. The van der Waals surface area contributed by atoms with Gasteiger partial charge in [0.15, 0.2) is 5.11 Å². The van der Waals surface area contributed by atoms with E-state index in [0.29, 0.717) is 10.9 Å². The van der Waals surface area contributed by atoms with Crippen molar-refractivity contribution in [3.05, 3.63) is 67.1 Å². The van der Waals surface area contributed by atoms with Crippen LogP contribution < -0.4 is 25.0 Å². The summed E-state index contributed by atoms with van der Waals surface area (Å²) in [6.07, 6.45) is 1.97. The molecular weight excluding hydrogens is 467 g/mol. The van der Waals surface area contributed by atoms with Gasteiger partial charge >= 0.3 is 6.36 Å². The van der Waals surface area contributed by atoms with Crippen LogP contribution in [0, 0.1) is 0 Å². The van der Waals surface area contributed by atoms with Crippen LogP contribution in [-0.4, -0.2) is 40.6 Å². The number of alkyl halides is 3. The molecule has 0 atom stereocenters. The van der Waals surface area contributed by atoms with Crippen molar-refractivity contribution in [1.82, 2.24) is 15.3 Å². The van der Waals surface area contributed by atoms with Gasteiger partial charge in [-0.1, -0.05) is 6.07 Å². The molecule has 1 aliphatic heterocycles. The molecule has 3 heterocycles. The van der Waals surface area contributed by atoms with Gasteiger partial charge in [0.2, 0.25) is 0 Å². The van der Waals surface area contributed by atoms with Crippen molar-refractivity contribution in [2.75, 3.05) is 23.3 Å². The second kappa shape index (κ2) is 10.6. The van der Waals surface area contributed by atoms with Crippen molar-refractivity contribution >= 4 is 28.8 Å². The summed E-state index contributed by atoms with van der Waals surface area (Å²) in [5.41, 5.74) is 0.828. The first-order chi connectivity index (χ1) is 16.3. The van der Waals surface area contributed by atoms with E-state index in [-0.39, 0.29) is 17.5 Å². The number of halogens is 3. The van der Waals surface area contributed by atoms with E-state index < -0.39 is 6.36 Å². The molecule has 3 aromatic rings. The minimum absolute atomic E-state index is 0.226. The molecule has 0 amide bonds. The van der Waals surface area contributed by atoms with E-state index in [0.717, 1.165) is 37.4 Å². The Morgan fingerprint density at radius 3 is 2.50 bits per heavy atom. The van der Waals surface area contributed by atoms with Gasteiger partial charge in [-0.25, -0.2) is 4.98 Å². The fraction of sp³-hybridized carbons (Fsp3) is 0.261. The standard InChI is InChI=1S/C23H22F3N5O2S/c24-23(25,26)33-20-5-1-4-18(13-20)32-19-6-10-28-21(14-19)31-11-7-16(8-12-31)29-22(34)30-17-3-2-9-27-15-17/h1-6,9-10,13-16H,7-8,11-12H2,(H2,29,30,34). The molecule has 1 aromatic carbocycles. The lowest BCUT2D eigenvalue weighted by Gasteiger charge is -2.33. The monoisotopic (exact) mass is 489 g/mol. The van der Waals surface area contributed by atoms with E-state index in [1.807, 2.05) is 12.1 Å². The zero-order valence-electron chi connectivity index (χ0n) is 18.0. The van der Waals surface area contributed by atoms with Crippen LogP contribution in [0.4, 0.5) is 24.7 Å². The fourth-order valence-electron chi connectivity index (χ4n) is 3.55. The predicted octanol–water partition coefficient (Wildman–Crippen LogP) is 5.12. The highest BCUT2D eigenvalue weighted by molar-refractivity contribution is 7.80. The number of pyridine rings is 2. The number of benzene rings is 1. The number of hydrogen-bond acceptors (Lipinski definition) is 6. The summed E-state index contributed by atoms with van der Waals surface area (Å²) in [7, 11) is 0. The first-order valence-corrected chi connectivity index (χ1v) is 11.0. The van der Waals surface area contributed by atoms with E-state index in [1.54, 1.807) is 36.8 Å². The largest absolute Gasteiger partial charge is 0.573 e. The molecule has 7 nitrogen and oxygen atoms in total. The molecular formula is C23H22F3N5O2S. The summed E-state index contributed by atoms with van der Waals surface area (Å²) in [5.74, 6) is 1.09.